The van der Waals surface area contributed by atoms with Gasteiger partial charge in [0.1, 0.15) is 0 Å². The second-order valence-corrected chi connectivity index (χ2v) is 4.56. The third kappa shape index (κ3) is 5.17. The first-order valence-electron chi connectivity index (χ1n) is 6.36. The van der Waals surface area contributed by atoms with Crippen LogP contribution in [0.2, 0.25) is 0 Å². The van der Waals surface area contributed by atoms with Crippen LogP contribution in [0.1, 0.15) is 39.0 Å². The number of rotatable bonds is 6. The quantitative estimate of drug-likeness (QED) is 0.642. The van der Waals surface area contributed by atoms with Gasteiger partial charge in [-0.25, -0.2) is 0 Å². The first kappa shape index (κ1) is 14.0. The molecule has 1 aliphatic carbocycles. The van der Waals surface area contributed by atoms with Crippen LogP contribution in [0, 0.1) is 5.92 Å². The minimum absolute atomic E-state index is 0.0468. The van der Waals surface area contributed by atoms with E-state index in [1.807, 2.05) is 6.92 Å². The molecule has 2 unspecified atom stereocenters. The van der Waals surface area contributed by atoms with Crippen LogP contribution in [0.4, 0.5) is 0 Å². The molecule has 0 aromatic carbocycles. The SMILES string of the molecule is CCNC(=O)CCNC1CCCC(C(=O)O)C1. The maximum Gasteiger partial charge on any atom is 0.306 e. The van der Waals surface area contributed by atoms with Crippen LogP contribution in [-0.2, 0) is 9.59 Å². The molecule has 3 N–H and O–H groups in total. The monoisotopic (exact) mass is 242 g/mol. The van der Waals surface area contributed by atoms with Gasteiger partial charge in [-0.15, -0.1) is 0 Å². The van der Waals surface area contributed by atoms with E-state index in [0.717, 1.165) is 19.3 Å². The zero-order chi connectivity index (χ0) is 12.7. The lowest BCUT2D eigenvalue weighted by Gasteiger charge is -2.27. The first-order valence-corrected chi connectivity index (χ1v) is 6.36. The van der Waals surface area contributed by atoms with Crippen LogP contribution >= 0.6 is 0 Å². The van der Waals surface area contributed by atoms with E-state index in [0.29, 0.717) is 25.9 Å². The molecule has 1 saturated carbocycles. The molecule has 5 nitrogen and oxygen atoms in total. The smallest absolute Gasteiger partial charge is 0.306 e. The lowest BCUT2D eigenvalue weighted by atomic mass is 9.86. The molecule has 5 heteroatoms. The highest BCUT2D eigenvalue weighted by molar-refractivity contribution is 5.75. The van der Waals surface area contributed by atoms with Gasteiger partial charge in [0.15, 0.2) is 0 Å². The van der Waals surface area contributed by atoms with Gasteiger partial charge in [0.2, 0.25) is 5.91 Å². The summed E-state index contributed by atoms with van der Waals surface area (Å²) in [7, 11) is 0. The fourth-order valence-corrected chi connectivity index (χ4v) is 2.27. The molecule has 0 aromatic heterocycles. The summed E-state index contributed by atoms with van der Waals surface area (Å²) in [5, 5.41) is 15.0. The van der Waals surface area contributed by atoms with Gasteiger partial charge >= 0.3 is 5.97 Å². The summed E-state index contributed by atoms with van der Waals surface area (Å²) in [5.74, 6) is -0.864. The number of hydrogen-bond acceptors (Lipinski definition) is 3. The van der Waals surface area contributed by atoms with Crippen molar-refractivity contribution in [3.05, 3.63) is 0 Å². The van der Waals surface area contributed by atoms with Crippen molar-refractivity contribution in [3.63, 3.8) is 0 Å². The minimum Gasteiger partial charge on any atom is -0.481 e. The number of nitrogens with one attached hydrogen (secondary N) is 2. The Kier molecular flexibility index (Phi) is 5.97. The molecule has 0 bridgehead atoms. The number of amides is 1. The lowest BCUT2D eigenvalue weighted by Crippen LogP contribution is -2.38. The molecule has 2 atom stereocenters. The normalized spacial score (nSPS) is 24.3. The topological polar surface area (TPSA) is 78.4 Å². The van der Waals surface area contributed by atoms with Crippen molar-refractivity contribution in [1.29, 1.82) is 0 Å². The minimum atomic E-state index is -0.694. The standard InChI is InChI=1S/C12H22N2O3/c1-2-13-11(15)6-7-14-10-5-3-4-9(8-10)12(16)17/h9-10,14H,2-8H2,1H3,(H,13,15)(H,16,17). The average Bonchev–Trinajstić information content (AvgIpc) is 2.30. The van der Waals surface area contributed by atoms with E-state index in [1.165, 1.54) is 0 Å². The molecule has 1 amide bonds. The van der Waals surface area contributed by atoms with E-state index in [9.17, 15) is 9.59 Å². The third-order valence-electron chi connectivity index (χ3n) is 3.18. The second-order valence-electron chi connectivity index (χ2n) is 4.56. The maximum absolute atomic E-state index is 11.2. The summed E-state index contributed by atoms with van der Waals surface area (Å²) in [6, 6.07) is 0.249. The van der Waals surface area contributed by atoms with E-state index in [2.05, 4.69) is 10.6 Å². The van der Waals surface area contributed by atoms with E-state index in [-0.39, 0.29) is 17.9 Å². The number of carbonyl (C=O) groups is 2. The van der Waals surface area contributed by atoms with E-state index >= 15 is 0 Å². The van der Waals surface area contributed by atoms with E-state index in [4.69, 9.17) is 5.11 Å². The summed E-state index contributed by atoms with van der Waals surface area (Å²) in [4.78, 5) is 22.1. The number of carboxylic acid groups (broad SMARTS) is 1. The summed E-state index contributed by atoms with van der Waals surface area (Å²) in [6.45, 7) is 3.18. The van der Waals surface area contributed by atoms with Gasteiger partial charge in [-0.3, -0.25) is 9.59 Å². The van der Waals surface area contributed by atoms with Gasteiger partial charge in [0, 0.05) is 25.6 Å². The Labute approximate surface area is 102 Å². The van der Waals surface area contributed by atoms with E-state index in [1.54, 1.807) is 0 Å². The van der Waals surface area contributed by atoms with Crippen LogP contribution in [0.5, 0.6) is 0 Å². The average molecular weight is 242 g/mol. The Morgan fingerprint density at radius 3 is 2.76 bits per heavy atom. The predicted octanol–water partition coefficient (Wildman–Crippen LogP) is 0.746. The highest BCUT2D eigenvalue weighted by Crippen LogP contribution is 2.24. The van der Waals surface area contributed by atoms with Gasteiger partial charge in [0.25, 0.3) is 0 Å². The highest BCUT2D eigenvalue weighted by Gasteiger charge is 2.26. The summed E-state index contributed by atoms with van der Waals surface area (Å²) in [5.41, 5.74) is 0. The zero-order valence-corrected chi connectivity index (χ0v) is 10.4. The van der Waals surface area contributed by atoms with Gasteiger partial charge in [-0.2, -0.15) is 0 Å². The first-order chi connectivity index (χ1) is 8.13. The molecular formula is C12H22N2O3. The predicted molar refractivity (Wildman–Crippen MR) is 64.7 cm³/mol. The molecule has 0 aromatic rings. The van der Waals surface area contributed by atoms with Crippen molar-refractivity contribution in [3.8, 4) is 0 Å². The number of carbonyl (C=O) groups excluding carboxylic acids is 1. The number of hydrogen-bond donors (Lipinski definition) is 3. The largest absolute Gasteiger partial charge is 0.481 e. The van der Waals surface area contributed by atoms with Crippen LogP contribution in [0.25, 0.3) is 0 Å². The molecule has 1 aliphatic rings. The molecule has 1 fully saturated rings. The number of aliphatic carboxylic acids is 1. The Balaban J connectivity index is 2.18. The van der Waals surface area contributed by atoms with E-state index < -0.39 is 5.97 Å². The van der Waals surface area contributed by atoms with Crippen molar-refractivity contribution < 1.29 is 14.7 Å². The Morgan fingerprint density at radius 2 is 2.12 bits per heavy atom. The zero-order valence-electron chi connectivity index (χ0n) is 10.4. The molecule has 0 radical (unpaired) electrons. The Morgan fingerprint density at radius 1 is 1.35 bits per heavy atom. The van der Waals surface area contributed by atoms with Crippen molar-refractivity contribution >= 4 is 11.9 Å². The second kappa shape index (κ2) is 7.27. The molecular weight excluding hydrogens is 220 g/mol. The van der Waals surface area contributed by atoms with Crippen molar-refractivity contribution in [2.75, 3.05) is 13.1 Å². The van der Waals surface area contributed by atoms with Crippen molar-refractivity contribution in [2.24, 2.45) is 5.92 Å². The Bertz CT molecular complexity index is 268. The Hall–Kier alpha value is -1.10. The van der Waals surface area contributed by atoms with Crippen LogP contribution in [-0.4, -0.2) is 36.1 Å². The maximum atomic E-state index is 11.2. The van der Waals surface area contributed by atoms with Gasteiger partial charge in [-0.1, -0.05) is 6.42 Å². The van der Waals surface area contributed by atoms with Crippen molar-refractivity contribution in [2.45, 2.75) is 45.1 Å². The fourth-order valence-electron chi connectivity index (χ4n) is 2.27. The van der Waals surface area contributed by atoms with Gasteiger partial charge in [0.05, 0.1) is 5.92 Å². The summed E-state index contributed by atoms with van der Waals surface area (Å²) in [6.07, 6.45) is 3.89. The van der Waals surface area contributed by atoms with Crippen LogP contribution in [0.15, 0.2) is 0 Å². The third-order valence-corrected chi connectivity index (χ3v) is 3.18. The summed E-state index contributed by atoms with van der Waals surface area (Å²) < 4.78 is 0. The molecule has 0 heterocycles. The molecule has 1 rings (SSSR count). The summed E-state index contributed by atoms with van der Waals surface area (Å²) >= 11 is 0. The highest BCUT2D eigenvalue weighted by atomic mass is 16.4. The molecule has 0 aliphatic heterocycles. The lowest BCUT2D eigenvalue weighted by molar-refractivity contribution is -0.143. The van der Waals surface area contributed by atoms with Crippen LogP contribution < -0.4 is 10.6 Å². The molecule has 98 valence electrons. The fraction of sp³-hybridized carbons (Fsp3) is 0.833. The van der Waals surface area contributed by atoms with Crippen LogP contribution in [0.3, 0.4) is 0 Å². The van der Waals surface area contributed by atoms with Gasteiger partial charge < -0.3 is 15.7 Å². The van der Waals surface area contributed by atoms with Gasteiger partial charge in [-0.05, 0) is 26.2 Å². The molecule has 0 saturated heterocycles. The molecule has 17 heavy (non-hydrogen) atoms. The van der Waals surface area contributed by atoms with Crippen molar-refractivity contribution in [1.82, 2.24) is 10.6 Å². The molecule has 0 spiro atoms. The number of carboxylic acids is 1.